The summed E-state index contributed by atoms with van der Waals surface area (Å²) >= 11 is 0. The molecule has 0 bridgehead atoms. The van der Waals surface area contributed by atoms with Gasteiger partial charge in [0.15, 0.2) is 0 Å². The number of hydrogen-bond donors (Lipinski definition) is 1. The topological polar surface area (TPSA) is 46.5 Å². The van der Waals surface area contributed by atoms with Gasteiger partial charge in [-0.2, -0.15) is 26.3 Å². The maximum Gasteiger partial charge on any atom is 0.416 e. The number of carbonyl (C=O) groups is 1. The van der Waals surface area contributed by atoms with Gasteiger partial charge in [0.25, 0.3) is 0 Å². The first-order chi connectivity index (χ1) is 14.8. The second kappa shape index (κ2) is 8.73. The SMILES string of the molecule is C[C@@H](O[C@H]1CC[C@@H](C(=O)O)[C@@H]1c1ccc(F)cc1)c1cc(C(F)(F)F)cc(C(F)(F)F)c1. The van der Waals surface area contributed by atoms with E-state index in [1.807, 2.05) is 0 Å². The molecule has 0 unspecified atom stereocenters. The Morgan fingerprint density at radius 3 is 1.97 bits per heavy atom. The van der Waals surface area contributed by atoms with Crippen LogP contribution in [0.1, 0.15) is 54.0 Å². The highest BCUT2D eigenvalue weighted by atomic mass is 19.4. The molecule has 10 heteroatoms. The van der Waals surface area contributed by atoms with E-state index in [9.17, 15) is 40.6 Å². The van der Waals surface area contributed by atoms with E-state index in [4.69, 9.17) is 4.74 Å². The van der Waals surface area contributed by atoms with Crippen LogP contribution < -0.4 is 0 Å². The largest absolute Gasteiger partial charge is 0.481 e. The Bertz CT molecular complexity index is 935. The molecule has 4 atom stereocenters. The summed E-state index contributed by atoms with van der Waals surface area (Å²) in [5.41, 5.74) is -2.78. The Morgan fingerprint density at radius 2 is 1.50 bits per heavy atom. The van der Waals surface area contributed by atoms with Crippen molar-refractivity contribution in [3.05, 3.63) is 70.5 Å². The molecule has 2 aromatic rings. The number of aliphatic carboxylic acids is 1. The predicted molar refractivity (Wildman–Crippen MR) is 99.2 cm³/mol. The smallest absolute Gasteiger partial charge is 0.416 e. The van der Waals surface area contributed by atoms with Gasteiger partial charge in [-0.25, -0.2) is 4.39 Å². The van der Waals surface area contributed by atoms with Gasteiger partial charge in [0.05, 0.1) is 29.3 Å². The van der Waals surface area contributed by atoms with Gasteiger partial charge >= 0.3 is 18.3 Å². The molecule has 0 radical (unpaired) electrons. The van der Waals surface area contributed by atoms with Crippen LogP contribution in [0.15, 0.2) is 42.5 Å². The lowest BCUT2D eigenvalue weighted by Crippen LogP contribution is -2.26. The van der Waals surface area contributed by atoms with Gasteiger partial charge in [-0.05, 0) is 61.2 Å². The second-order valence-electron chi connectivity index (χ2n) is 7.76. The van der Waals surface area contributed by atoms with Crippen LogP contribution in [0.25, 0.3) is 0 Å². The summed E-state index contributed by atoms with van der Waals surface area (Å²) in [6.07, 6.45) is -11.5. The Kier molecular flexibility index (Phi) is 6.55. The molecule has 0 saturated heterocycles. The van der Waals surface area contributed by atoms with Crippen LogP contribution in [0.4, 0.5) is 30.7 Å². The average Bonchev–Trinajstić information content (AvgIpc) is 3.10. The zero-order chi connectivity index (χ0) is 23.8. The molecule has 0 spiro atoms. The molecule has 0 heterocycles. The minimum Gasteiger partial charge on any atom is -0.481 e. The highest BCUT2D eigenvalue weighted by Gasteiger charge is 2.43. The van der Waals surface area contributed by atoms with Crippen molar-refractivity contribution in [2.24, 2.45) is 5.92 Å². The number of hydrogen-bond acceptors (Lipinski definition) is 2. The third-order valence-electron chi connectivity index (χ3n) is 5.63. The van der Waals surface area contributed by atoms with Crippen LogP contribution in [-0.2, 0) is 21.9 Å². The van der Waals surface area contributed by atoms with Crippen LogP contribution in [-0.4, -0.2) is 17.2 Å². The fourth-order valence-electron chi connectivity index (χ4n) is 4.08. The van der Waals surface area contributed by atoms with E-state index < -0.39 is 59.3 Å². The highest BCUT2D eigenvalue weighted by molar-refractivity contribution is 5.72. The molecule has 2 aromatic carbocycles. The number of rotatable bonds is 5. The van der Waals surface area contributed by atoms with Gasteiger partial charge in [0.2, 0.25) is 0 Å². The van der Waals surface area contributed by atoms with Crippen LogP contribution in [0.5, 0.6) is 0 Å². The van der Waals surface area contributed by atoms with Crippen molar-refractivity contribution in [2.45, 2.75) is 50.2 Å². The van der Waals surface area contributed by atoms with E-state index in [0.717, 1.165) is 12.1 Å². The zero-order valence-corrected chi connectivity index (χ0v) is 16.7. The van der Waals surface area contributed by atoms with E-state index >= 15 is 0 Å². The molecule has 174 valence electrons. The molecule has 1 N–H and O–H groups in total. The Labute approximate surface area is 178 Å². The first-order valence-electron chi connectivity index (χ1n) is 9.70. The molecule has 1 fully saturated rings. The molecule has 0 aliphatic heterocycles. The third kappa shape index (κ3) is 5.23. The molecular weight excluding hydrogens is 445 g/mol. The fourth-order valence-corrected chi connectivity index (χ4v) is 4.08. The average molecular weight is 464 g/mol. The maximum absolute atomic E-state index is 13.3. The summed E-state index contributed by atoms with van der Waals surface area (Å²) in [5, 5.41) is 9.54. The zero-order valence-electron chi connectivity index (χ0n) is 16.7. The molecular formula is C22H19F7O3. The Balaban J connectivity index is 1.93. The summed E-state index contributed by atoms with van der Waals surface area (Å²) in [6.45, 7) is 1.31. The minimum absolute atomic E-state index is 0.0353. The highest BCUT2D eigenvalue weighted by Crippen LogP contribution is 2.44. The first-order valence-corrected chi connectivity index (χ1v) is 9.70. The van der Waals surface area contributed by atoms with E-state index in [-0.39, 0.29) is 24.5 Å². The molecule has 1 aliphatic carbocycles. The molecule has 1 saturated carbocycles. The summed E-state index contributed by atoms with van der Waals surface area (Å²) in [7, 11) is 0. The lowest BCUT2D eigenvalue weighted by molar-refractivity contribution is -0.144. The summed E-state index contributed by atoms with van der Waals surface area (Å²) in [4.78, 5) is 11.7. The van der Waals surface area contributed by atoms with Crippen LogP contribution in [0.3, 0.4) is 0 Å². The van der Waals surface area contributed by atoms with E-state index in [1.54, 1.807) is 0 Å². The van der Waals surface area contributed by atoms with Gasteiger partial charge < -0.3 is 9.84 Å². The number of benzene rings is 2. The third-order valence-corrected chi connectivity index (χ3v) is 5.63. The standard InChI is InChI=1S/C22H19F7O3/c1-11(13-8-14(21(24,25)26)10-15(9-13)22(27,28)29)32-18-7-6-17(20(30)31)19(18)12-2-4-16(23)5-3-12/h2-5,8-11,17-19H,6-7H2,1H3,(H,30,31)/t11-,17-,18+,19+/m1/s1. The fraction of sp³-hybridized carbons (Fsp3) is 0.409. The number of halogens is 7. The molecule has 0 aromatic heterocycles. The van der Waals surface area contributed by atoms with E-state index in [0.29, 0.717) is 17.7 Å². The number of carboxylic acid groups (broad SMARTS) is 1. The minimum atomic E-state index is -4.99. The predicted octanol–water partition coefficient (Wildman–Crippen LogP) is 6.59. The van der Waals surface area contributed by atoms with Crippen molar-refractivity contribution in [3.63, 3.8) is 0 Å². The quantitative estimate of drug-likeness (QED) is 0.508. The molecule has 32 heavy (non-hydrogen) atoms. The van der Waals surface area contributed by atoms with Crippen molar-refractivity contribution in [3.8, 4) is 0 Å². The Morgan fingerprint density at radius 1 is 0.969 bits per heavy atom. The number of carboxylic acids is 1. The Hall–Kier alpha value is -2.62. The van der Waals surface area contributed by atoms with Crippen LogP contribution >= 0.6 is 0 Å². The first kappa shape index (κ1) is 24.0. The molecule has 1 aliphatic rings. The van der Waals surface area contributed by atoms with Gasteiger partial charge in [0.1, 0.15) is 5.82 Å². The van der Waals surface area contributed by atoms with Crippen molar-refractivity contribution < 1.29 is 45.4 Å². The van der Waals surface area contributed by atoms with Crippen LogP contribution in [0, 0.1) is 11.7 Å². The number of ether oxygens (including phenoxy) is 1. The molecule has 3 rings (SSSR count). The van der Waals surface area contributed by atoms with Crippen molar-refractivity contribution in [1.29, 1.82) is 0 Å². The van der Waals surface area contributed by atoms with E-state index in [1.165, 1.54) is 19.1 Å². The number of alkyl halides is 6. The van der Waals surface area contributed by atoms with Gasteiger partial charge in [0, 0.05) is 5.92 Å². The molecule has 0 amide bonds. The van der Waals surface area contributed by atoms with Crippen molar-refractivity contribution >= 4 is 5.97 Å². The summed E-state index contributed by atoms with van der Waals surface area (Å²) in [5.74, 6) is -3.27. The van der Waals surface area contributed by atoms with Gasteiger partial charge in [-0.15, -0.1) is 0 Å². The maximum atomic E-state index is 13.3. The summed E-state index contributed by atoms with van der Waals surface area (Å²) < 4.78 is 98.1. The van der Waals surface area contributed by atoms with Crippen LogP contribution in [0.2, 0.25) is 0 Å². The summed E-state index contributed by atoms with van der Waals surface area (Å²) in [6, 6.07) is 6.31. The van der Waals surface area contributed by atoms with E-state index in [2.05, 4.69) is 0 Å². The lowest BCUT2D eigenvalue weighted by atomic mass is 9.87. The van der Waals surface area contributed by atoms with Gasteiger partial charge in [-0.1, -0.05) is 12.1 Å². The lowest BCUT2D eigenvalue weighted by Gasteiger charge is -2.27. The second-order valence-corrected chi connectivity index (χ2v) is 7.76. The van der Waals surface area contributed by atoms with Crippen molar-refractivity contribution in [1.82, 2.24) is 0 Å². The normalized spacial score (nSPS) is 22.7. The van der Waals surface area contributed by atoms with Crippen molar-refractivity contribution in [2.75, 3.05) is 0 Å². The van der Waals surface area contributed by atoms with Gasteiger partial charge in [-0.3, -0.25) is 4.79 Å². The molecule has 3 nitrogen and oxygen atoms in total. The monoisotopic (exact) mass is 464 g/mol.